The van der Waals surface area contributed by atoms with Gasteiger partial charge in [-0.15, -0.1) is 24.0 Å². The highest BCUT2D eigenvalue weighted by molar-refractivity contribution is 14.0. The summed E-state index contributed by atoms with van der Waals surface area (Å²) in [6, 6.07) is 8.64. The molecule has 0 aliphatic carbocycles. The molecule has 1 heterocycles. The van der Waals surface area contributed by atoms with Gasteiger partial charge in [-0.3, -0.25) is 0 Å². The average molecular weight is 502 g/mol. The molecule has 0 radical (unpaired) electrons. The number of guanidine groups is 1. The van der Waals surface area contributed by atoms with Crippen LogP contribution in [0.15, 0.2) is 29.3 Å². The van der Waals surface area contributed by atoms with E-state index >= 15 is 0 Å². The van der Waals surface area contributed by atoms with E-state index in [-0.39, 0.29) is 24.0 Å². The van der Waals surface area contributed by atoms with Gasteiger partial charge in [0.2, 0.25) is 0 Å². The van der Waals surface area contributed by atoms with Crippen molar-refractivity contribution in [3.63, 3.8) is 0 Å². The van der Waals surface area contributed by atoms with Crippen molar-refractivity contribution in [1.82, 2.24) is 20.4 Å². The number of hydrogen-bond donors (Lipinski definition) is 2. The van der Waals surface area contributed by atoms with Crippen LogP contribution in [0.2, 0.25) is 0 Å². The van der Waals surface area contributed by atoms with Gasteiger partial charge in [-0.2, -0.15) is 0 Å². The van der Waals surface area contributed by atoms with Crippen LogP contribution in [0.4, 0.5) is 0 Å². The van der Waals surface area contributed by atoms with Crippen LogP contribution in [0.1, 0.15) is 43.7 Å². The molecule has 2 rings (SSSR count). The van der Waals surface area contributed by atoms with Gasteiger partial charge >= 0.3 is 0 Å². The van der Waals surface area contributed by atoms with Gasteiger partial charge in [0.15, 0.2) is 5.96 Å². The Morgan fingerprint density at radius 1 is 0.964 bits per heavy atom. The Morgan fingerprint density at radius 2 is 1.61 bits per heavy atom. The minimum atomic E-state index is 0. The van der Waals surface area contributed by atoms with Gasteiger partial charge in [0.25, 0.3) is 0 Å². The van der Waals surface area contributed by atoms with Gasteiger partial charge < -0.3 is 20.4 Å². The molecule has 1 saturated heterocycles. The normalized spacial score (nSPS) is 15.9. The lowest BCUT2D eigenvalue weighted by atomic mass is 10.1. The van der Waals surface area contributed by atoms with Crippen molar-refractivity contribution in [2.45, 2.75) is 46.1 Å². The van der Waals surface area contributed by atoms with Crippen LogP contribution in [0.25, 0.3) is 0 Å². The molecule has 0 spiro atoms. The van der Waals surface area contributed by atoms with Crippen LogP contribution in [0.3, 0.4) is 0 Å². The number of nitrogens with zero attached hydrogens (tertiary/aromatic N) is 3. The Morgan fingerprint density at radius 3 is 2.25 bits per heavy atom. The van der Waals surface area contributed by atoms with Gasteiger partial charge in [0.05, 0.1) is 6.54 Å². The molecule has 1 aromatic rings. The lowest BCUT2D eigenvalue weighted by Gasteiger charge is -2.32. The molecule has 0 saturated carbocycles. The van der Waals surface area contributed by atoms with E-state index in [1.54, 1.807) is 0 Å². The van der Waals surface area contributed by atoms with Crippen molar-refractivity contribution in [2.75, 3.05) is 52.9 Å². The first-order chi connectivity index (χ1) is 13.2. The molecule has 28 heavy (non-hydrogen) atoms. The summed E-state index contributed by atoms with van der Waals surface area (Å²) in [5, 5.41) is 6.99. The second-order valence-electron chi connectivity index (χ2n) is 7.71. The Balaban J connectivity index is 0.00000392. The quantitative estimate of drug-likeness (QED) is 0.223. The highest BCUT2D eigenvalue weighted by Crippen LogP contribution is 2.04. The maximum atomic E-state index is 4.77. The van der Waals surface area contributed by atoms with Crippen LogP contribution in [0.5, 0.6) is 0 Å². The third kappa shape index (κ3) is 10.6. The van der Waals surface area contributed by atoms with Crippen LogP contribution in [-0.4, -0.2) is 68.6 Å². The highest BCUT2D eigenvalue weighted by atomic mass is 127. The van der Waals surface area contributed by atoms with E-state index in [2.05, 4.69) is 65.6 Å². The zero-order valence-corrected chi connectivity index (χ0v) is 20.4. The molecule has 0 atom stereocenters. The summed E-state index contributed by atoms with van der Waals surface area (Å²) in [5.74, 6) is 0.948. The molecule has 0 aromatic heterocycles. The molecular weight excluding hydrogens is 461 g/mol. The first-order valence-corrected chi connectivity index (χ1v) is 10.7. The van der Waals surface area contributed by atoms with Crippen molar-refractivity contribution in [3.8, 4) is 0 Å². The van der Waals surface area contributed by atoms with E-state index in [1.807, 2.05) is 0 Å². The number of aliphatic imine (C=N–C) groups is 1. The van der Waals surface area contributed by atoms with Crippen molar-refractivity contribution in [2.24, 2.45) is 4.99 Å². The van der Waals surface area contributed by atoms with E-state index in [1.165, 1.54) is 69.5 Å². The number of benzene rings is 1. The second-order valence-corrected chi connectivity index (χ2v) is 7.71. The SMILES string of the molecule is CCCCNC(=NCc1ccc(C)cc1)NCCCCN1CCN(C)CC1.I. The molecular formula is C22H40IN5. The van der Waals surface area contributed by atoms with Gasteiger partial charge in [-0.05, 0) is 45.3 Å². The van der Waals surface area contributed by atoms with Crippen molar-refractivity contribution < 1.29 is 0 Å². The summed E-state index contributed by atoms with van der Waals surface area (Å²) < 4.78 is 0. The molecule has 1 aliphatic rings. The molecule has 0 bridgehead atoms. The number of nitrogens with one attached hydrogen (secondary N) is 2. The number of aryl methyl sites for hydroxylation is 1. The number of rotatable bonds is 10. The monoisotopic (exact) mass is 501 g/mol. The summed E-state index contributed by atoms with van der Waals surface area (Å²) in [4.78, 5) is 9.77. The molecule has 0 unspecified atom stereocenters. The van der Waals surface area contributed by atoms with E-state index in [9.17, 15) is 0 Å². The lowest BCUT2D eigenvalue weighted by molar-refractivity contribution is 0.152. The average Bonchev–Trinajstić information content (AvgIpc) is 2.68. The zero-order chi connectivity index (χ0) is 19.3. The maximum Gasteiger partial charge on any atom is 0.191 e. The Labute approximate surface area is 189 Å². The van der Waals surface area contributed by atoms with Crippen LogP contribution in [-0.2, 0) is 6.54 Å². The Kier molecular flexibility index (Phi) is 13.5. The number of hydrogen-bond acceptors (Lipinski definition) is 3. The fourth-order valence-corrected chi connectivity index (χ4v) is 3.16. The lowest BCUT2D eigenvalue weighted by Crippen LogP contribution is -2.44. The summed E-state index contributed by atoms with van der Waals surface area (Å²) in [6.07, 6.45) is 4.81. The topological polar surface area (TPSA) is 42.9 Å². The molecule has 6 heteroatoms. The molecule has 160 valence electrons. The maximum absolute atomic E-state index is 4.77. The third-order valence-electron chi connectivity index (χ3n) is 5.15. The highest BCUT2D eigenvalue weighted by Gasteiger charge is 2.12. The van der Waals surface area contributed by atoms with Gasteiger partial charge in [0, 0.05) is 39.3 Å². The summed E-state index contributed by atoms with van der Waals surface area (Å²) in [6.45, 7) is 13.1. The van der Waals surface area contributed by atoms with Gasteiger partial charge in [-0.1, -0.05) is 43.2 Å². The number of likely N-dealkylation sites (N-methyl/N-ethyl adjacent to an activating group) is 1. The van der Waals surface area contributed by atoms with Gasteiger partial charge in [0.1, 0.15) is 0 Å². The minimum absolute atomic E-state index is 0. The standard InChI is InChI=1S/C22H39N5.HI/c1-4-5-12-23-22(25-19-21-10-8-20(2)9-11-21)24-13-6-7-14-27-17-15-26(3)16-18-27;/h8-11H,4-7,12-19H2,1-3H3,(H2,23,24,25);1H. The summed E-state index contributed by atoms with van der Waals surface area (Å²) in [7, 11) is 2.21. The van der Waals surface area contributed by atoms with Crippen LogP contribution < -0.4 is 10.6 Å². The first kappa shape index (κ1) is 25.2. The summed E-state index contributed by atoms with van der Waals surface area (Å²) in [5.41, 5.74) is 2.55. The van der Waals surface area contributed by atoms with Crippen LogP contribution >= 0.6 is 24.0 Å². The molecule has 2 N–H and O–H groups in total. The molecule has 0 amide bonds. The summed E-state index contributed by atoms with van der Waals surface area (Å²) >= 11 is 0. The first-order valence-electron chi connectivity index (χ1n) is 10.7. The second kappa shape index (κ2) is 15.0. The number of piperazine rings is 1. The van der Waals surface area contributed by atoms with Crippen molar-refractivity contribution in [1.29, 1.82) is 0 Å². The fraction of sp³-hybridized carbons (Fsp3) is 0.682. The zero-order valence-electron chi connectivity index (χ0n) is 18.0. The predicted molar refractivity (Wildman–Crippen MR) is 132 cm³/mol. The largest absolute Gasteiger partial charge is 0.356 e. The van der Waals surface area contributed by atoms with Crippen LogP contribution in [0, 0.1) is 6.92 Å². The Bertz CT molecular complexity index is 538. The molecule has 5 nitrogen and oxygen atoms in total. The molecule has 1 fully saturated rings. The van der Waals surface area contributed by atoms with E-state index in [4.69, 9.17) is 4.99 Å². The number of halogens is 1. The van der Waals surface area contributed by atoms with E-state index < -0.39 is 0 Å². The Hall–Kier alpha value is -0.860. The third-order valence-corrected chi connectivity index (χ3v) is 5.15. The van der Waals surface area contributed by atoms with Crippen molar-refractivity contribution >= 4 is 29.9 Å². The molecule has 1 aromatic carbocycles. The minimum Gasteiger partial charge on any atom is -0.356 e. The fourth-order valence-electron chi connectivity index (χ4n) is 3.16. The number of unbranched alkanes of at least 4 members (excludes halogenated alkanes) is 2. The predicted octanol–water partition coefficient (Wildman–Crippen LogP) is 3.48. The van der Waals surface area contributed by atoms with Crippen molar-refractivity contribution in [3.05, 3.63) is 35.4 Å². The smallest absolute Gasteiger partial charge is 0.191 e. The van der Waals surface area contributed by atoms with E-state index in [0.717, 1.165) is 25.6 Å². The molecule has 1 aliphatic heterocycles. The van der Waals surface area contributed by atoms with E-state index in [0.29, 0.717) is 0 Å². The van der Waals surface area contributed by atoms with Gasteiger partial charge in [-0.25, -0.2) is 4.99 Å².